The molecular weight excluding hydrogens is 356 g/mol. The molecule has 0 heterocycles. The monoisotopic (exact) mass is 372 g/mol. The third kappa shape index (κ3) is 5.22. The zero-order valence-corrected chi connectivity index (χ0v) is 14.8. The first kappa shape index (κ1) is 18.7. The van der Waals surface area contributed by atoms with Gasteiger partial charge in [-0.1, -0.05) is 77.0 Å². The number of nitrogens with zero attached hydrogens (tertiary/aromatic N) is 2. The number of hydrogen-bond acceptors (Lipinski definition) is 6. The Morgan fingerprint density at radius 1 is 0.607 bits per heavy atom. The summed E-state index contributed by atoms with van der Waals surface area (Å²) in [5.41, 5.74) is 1.60. The zero-order chi connectivity index (χ0) is 19.6. The van der Waals surface area contributed by atoms with E-state index in [1.54, 1.807) is 84.9 Å². The van der Waals surface area contributed by atoms with Gasteiger partial charge in [-0.25, -0.2) is 9.59 Å². The van der Waals surface area contributed by atoms with E-state index in [0.29, 0.717) is 16.7 Å². The molecule has 0 saturated carbocycles. The van der Waals surface area contributed by atoms with Gasteiger partial charge >= 0.3 is 11.9 Å². The second-order valence-electron chi connectivity index (χ2n) is 5.57. The van der Waals surface area contributed by atoms with Crippen LogP contribution >= 0.6 is 0 Å². The average molecular weight is 372 g/mol. The Morgan fingerprint density at radius 3 is 1.54 bits per heavy atom. The Morgan fingerprint density at radius 2 is 1.04 bits per heavy atom. The molecule has 0 unspecified atom stereocenters. The minimum absolute atomic E-state index is 0.228. The van der Waals surface area contributed by atoms with Gasteiger partial charge in [0, 0.05) is 5.56 Å². The van der Waals surface area contributed by atoms with E-state index in [2.05, 4.69) is 10.3 Å². The fraction of sp³-hybridized carbons (Fsp3) is 0. The van der Waals surface area contributed by atoms with E-state index in [4.69, 9.17) is 9.68 Å². The number of benzene rings is 3. The highest BCUT2D eigenvalue weighted by Crippen LogP contribution is 2.05. The highest BCUT2D eigenvalue weighted by atomic mass is 16.7. The van der Waals surface area contributed by atoms with Crippen LogP contribution < -0.4 is 0 Å². The summed E-state index contributed by atoms with van der Waals surface area (Å²) < 4.78 is 0. The summed E-state index contributed by atoms with van der Waals surface area (Å²) in [6, 6.07) is 25.9. The van der Waals surface area contributed by atoms with Gasteiger partial charge in [-0.05, 0) is 24.3 Å². The van der Waals surface area contributed by atoms with Gasteiger partial charge in [0.1, 0.15) is 5.71 Å². The Bertz CT molecular complexity index is 985. The van der Waals surface area contributed by atoms with Crippen molar-refractivity contribution in [1.29, 1.82) is 0 Å². The number of carbonyl (C=O) groups is 2. The predicted octanol–water partition coefficient (Wildman–Crippen LogP) is 4.09. The normalized spacial score (nSPS) is 11.2. The second-order valence-corrected chi connectivity index (χ2v) is 5.57. The Kier molecular flexibility index (Phi) is 6.41. The summed E-state index contributed by atoms with van der Waals surface area (Å²) in [5, 5.41) is 7.54. The fourth-order valence-corrected chi connectivity index (χ4v) is 2.23. The fourth-order valence-electron chi connectivity index (χ4n) is 2.23. The molecule has 3 aromatic rings. The summed E-state index contributed by atoms with van der Waals surface area (Å²) in [7, 11) is 0. The molecule has 0 radical (unpaired) electrons. The van der Waals surface area contributed by atoms with Gasteiger partial charge in [-0.2, -0.15) is 0 Å². The zero-order valence-electron chi connectivity index (χ0n) is 14.8. The van der Waals surface area contributed by atoms with Crippen molar-refractivity contribution in [3.05, 3.63) is 108 Å². The van der Waals surface area contributed by atoms with E-state index < -0.39 is 11.9 Å². The molecule has 138 valence electrons. The van der Waals surface area contributed by atoms with Crippen molar-refractivity contribution in [3.63, 3.8) is 0 Å². The third-order valence-electron chi connectivity index (χ3n) is 3.63. The molecule has 28 heavy (non-hydrogen) atoms. The van der Waals surface area contributed by atoms with E-state index in [1.807, 2.05) is 6.07 Å². The van der Waals surface area contributed by atoms with Crippen LogP contribution in [-0.2, 0) is 9.68 Å². The summed E-state index contributed by atoms with van der Waals surface area (Å²) >= 11 is 0. The van der Waals surface area contributed by atoms with Crippen LogP contribution in [0.3, 0.4) is 0 Å². The van der Waals surface area contributed by atoms with Crippen LogP contribution in [0.15, 0.2) is 101 Å². The molecular formula is C22H16N2O4. The Labute approximate surface area is 161 Å². The van der Waals surface area contributed by atoms with Gasteiger partial charge in [0.15, 0.2) is 0 Å². The smallest absolute Gasteiger partial charge is 0.313 e. The minimum Gasteiger partial charge on any atom is -0.313 e. The predicted molar refractivity (Wildman–Crippen MR) is 105 cm³/mol. The second kappa shape index (κ2) is 9.59. The van der Waals surface area contributed by atoms with E-state index in [0.717, 1.165) is 0 Å². The Hall–Kier alpha value is -4.06. The van der Waals surface area contributed by atoms with E-state index in [9.17, 15) is 9.59 Å². The van der Waals surface area contributed by atoms with Crippen LogP contribution in [0.4, 0.5) is 0 Å². The molecule has 0 atom stereocenters. The topological polar surface area (TPSA) is 77.3 Å². The van der Waals surface area contributed by atoms with Crippen molar-refractivity contribution in [2.75, 3.05) is 0 Å². The first-order valence-corrected chi connectivity index (χ1v) is 8.43. The summed E-state index contributed by atoms with van der Waals surface area (Å²) in [4.78, 5) is 33.9. The number of rotatable bonds is 6. The highest BCUT2D eigenvalue weighted by molar-refractivity contribution is 6.38. The SMILES string of the molecule is O=C(ON=CC(=NOC(=O)c1ccccc1)c1ccccc1)c1ccccc1. The van der Waals surface area contributed by atoms with E-state index >= 15 is 0 Å². The molecule has 0 spiro atoms. The van der Waals surface area contributed by atoms with Crippen molar-refractivity contribution in [2.24, 2.45) is 10.3 Å². The molecule has 3 aromatic carbocycles. The summed E-state index contributed by atoms with van der Waals surface area (Å²) in [6.45, 7) is 0. The molecule has 0 amide bonds. The summed E-state index contributed by atoms with van der Waals surface area (Å²) in [6.07, 6.45) is 1.22. The van der Waals surface area contributed by atoms with Crippen molar-refractivity contribution in [1.82, 2.24) is 0 Å². The maximum atomic E-state index is 12.1. The number of carbonyl (C=O) groups excluding carboxylic acids is 2. The van der Waals surface area contributed by atoms with Gasteiger partial charge in [0.05, 0.1) is 17.3 Å². The van der Waals surface area contributed by atoms with Crippen LogP contribution in [0.2, 0.25) is 0 Å². The lowest BCUT2D eigenvalue weighted by molar-refractivity contribution is 0.0504. The molecule has 6 nitrogen and oxygen atoms in total. The lowest BCUT2D eigenvalue weighted by Gasteiger charge is -2.02. The van der Waals surface area contributed by atoms with Gasteiger partial charge in [-0.15, -0.1) is 0 Å². The highest BCUT2D eigenvalue weighted by Gasteiger charge is 2.09. The summed E-state index contributed by atoms with van der Waals surface area (Å²) in [5.74, 6) is -1.21. The molecule has 0 fully saturated rings. The molecule has 0 N–H and O–H groups in total. The average Bonchev–Trinajstić information content (AvgIpc) is 2.77. The van der Waals surface area contributed by atoms with Crippen LogP contribution in [-0.4, -0.2) is 23.9 Å². The lowest BCUT2D eigenvalue weighted by Crippen LogP contribution is -2.09. The van der Waals surface area contributed by atoms with Crippen LogP contribution in [0, 0.1) is 0 Å². The van der Waals surface area contributed by atoms with E-state index in [-0.39, 0.29) is 5.71 Å². The molecule has 0 aliphatic rings. The van der Waals surface area contributed by atoms with Crippen LogP contribution in [0.5, 0.6) is 0 Å². The molecule has 0 aliphatic heterocycles. The van der Waals surface area contributed by atoms with Crippen molar-refractivity contribution < 1.29 is 19.3 Å². The quantitative estimate of drug-likeness (QED) is 0.371. The number of oxime groups is 2. The molecule has 0 saturated heterocycles. The molecule has 0 aliphatic carbocycles. The third-order valence-corrected chi connectivity index (χ3v) is 3.63. The first-order valence-electron chi connectivity index (χ1n) is 8.43. The molecule has 3 rings (SSSR count). The first-order chi connectivity index (χ1) is 13.7. The minimum atomic E-state index is -0.608. The van der Waals surface area contributed by atoms with Gasteiger partial charge in [0.25, 0.3) is 0 Å². The van der Waals surface area contributed by atoms with Crippen molar-refractivity contribution >= 4 is 23.9 Å². The number of hydrogen-bond donors (Lipinski definition) is 0. The molecule has 6 heteroatoms. The van der Waals surface area contributed by atoms with Crippen molar-refractivity contribution in [3.8, 4) is 0 Å². The van der Waals surface area contributed by atoms with Crippen LogP contribution in [0.1, 0.15) is 26.3 Å². The van der Waals surface area contributed by atoms with Crippen molar-refractivity contribution in [2.45, 2.75) is 0 Å². The maximum absolute atomic E-state index is 12.1. The largest absolute Gasteiger partial charge is 0.365 e. The van der Waals surface area contributed by atoms with Crippen LogP contribution in [0.25, 0.3) is 0 Å². The molecule has 0 bridgehead atoms. The van der Waals surface area contributed by atoms with Gasteiger partial charge < -0.3 is 9.68 Å². The Balaban J connectivity index is 1.74. The lowest BCUT2D eigenvalue weighted by atomic mass is 10.1. The molecule has 0 aromatic heterocycles. The maximum Gasteiger partial charge on any atom is 0.365 e. The van der Waals surface area contributed by atoms with Gasteiger partial charge in [0.2, 0.25) is 0 Å². The van der Waals surface area contributed by atoms with E-state index in [1.165, 1.54) is 6.21 Å². The van der Waals surface area contributed by atoms with Gasteiger partial charge in [-0.3, -0.25) is 0 Å². The standard InChI is InChI=1S/C22H16N2O4/c25-21(18-12-6-2-7-13-18)27-23-16-20(17-10-4-1-5-11-17)24-28-22(26)19-14-8-3-9-15-19/h1-16H.